The van der Waals surface area contributed by atoms with Crippen molar-refractivity contribution in [2.75, 3.05) is 5.32 Å². The molecule has 16 heavy (non-hydrogen) atoms. The van der Waals surface area contributed by atoms with E-state index >= 15 is 0 Å². The Bertz CT molecular complexity index is 471. The number of phenolic OH excluding ortho intramolecular Hbond substituents is 1. The first-order valence-electron chi connectivity index (χ1n) is 5.04. The molecule has 0 bridgehead atoms. The Balaban J connectivity index is 2.05. The fraction of sp³-hybridized carbons (Fsp3) is 0.167. The Kier molecular flexibility index (Phi) is 3.00. The van der Waals surface area contributed by atoms with E-state index < -0.39 is 0 Å². The van der Waals surface area contributed by atoms with Gasteiger partial charge in [-0.15, -0.1) is 0 Å². The van der Waals surface area contributed by atoms with E-state index in [0.717, 1.165) is 16.9 Å². The lowest BCUT2D eigenvalue weighted by Crippen LogP contribution is -2.02. The van der Waals surface area contributed by atoms with Crippen LogP contribution in [0.4, 0.5) is 5.69 Å². The summed E-state index contributed by atoms with van der Waals surface area (Å²) in [5.74, 6) is 0.282. The van der Waals surface area contributed by atoms with E-state index in [1.165, 1.54) is 6.33 Å². The average Bonchev–Trinajstić information content (AvgIpc) is 2.29. The first kappa shape index (κ1) is 10.4. The molecule has 0 fully saturated rings. The summed E-state index contributed by atoms with van der Waals surface area (Å²) in [7, 11) is 0. The molecule has 1 aromatic carbocycles. The highest BCUT2D eigenvalue weighted by Gasteiger charge is 1.99. The number of hydrogen-bond acceptors (Lipinski definition) is 4. The van der Waals surface area contributed by atoms with Crippen molar-refractivity contribution in [3.05, 3.63) is 48.0 Å². The Morgan fingerprint density at radius 2 is 2.19 bits per heavy atom. The van der Waals surface area contributed by atoms with Crippen LogP contribution < -0.4 is 5.32 Å². The zero-order chi connectivity index (χ0) is 11.4. The van der Waals surface area contributed by atoms with Crippen molar-refractivity contribution in [3.8, 4) is 5.75 Å². The Labute approximate surface area is 94.0 Å². The molecule has 0 aliphatic rings. The molecule has 4 nitrogen and oxygen atoms in total. The van der Waals surface area contributed by atoms with Crippen LogP contribution in [0.5, 0.6) is 5.75 Å². The number of aryl methyl sites for hydroxylation is 1. The minimum atomic E-state index is 0.282. The first-order valence-corrected chi connectivity index (χ1v) is 5.04. The molecule has 2 rings (SSSR count). The zero-order valence-electron chi connectivity index (χ0n) is 9.01. The van der Waals surface area contributed by atoms with Gasteiger partial charge >= 0.3 is 0 Å². The molecule has 0 amide bonds. The summed E-state index contributed by atoms with van der Waals surface area (Å²) in [6.45, 7) is 2.59. The average molecular weight is 215 g/mol. The second-order valence-corrected chi connectivity index (χ2v) is 3.55. The van der Waals surface area contributed by atoms with E-state index in [9.17, 15) is 5.11 Å². The van der Waals surface area contributed by atoms with Gasteiger partial charge in [-0.1, -0.05) is 0 Å². The molecule has 82 valence electrons. The van der Waals surface area contributed by atoms with Gasteiger partial charge in [-0.2, -0.15) is 0 Å². The number of aromatic hydroxyl groups is 1. The van der Waals surface area contributed by atoms with Crippen LogP contribution in [0.3, 0.4) is 0 Å². The van der Waals surface area contributed by atoms with Crippen LogP contribution >= 0.6 is 0 Å². The minimum absolute atomic E-state index is 0.282. The van der Waals surface area contributed by atoms with Crippen molar-refractivity contribution in [3.63, 3.8) is 0 Å². The molecule has 0 aliphatic heterocycles. The highest BCUT2D eigenvalue weighted by atomic mass is 16.3. The van der Waals surface area contributed by atoms with E-state index in [1.807, 2.05) is 19.1 Å². The lowest BCUT2D eigenvalue weighted by Gasteiger charge is -2.09. The van der Waals surface area contributed by atoms with Crippen LogP contribution in [-0.4, -0.2) is 15.1 Å². The molecule has 0 aliphatic carbocycles. The van der Waals surface area contributed by atoms with Gasteiger partial charge in [-0.25, -0.2) is 9.97 Å². The van der Waals surface area contributed by atoms with Crippen LogP contribution in [0.2, 0.25) is 0 Å². The monoisotopic (exact) mass is 215 g/mol. The fourth-order valence-electron chi connectivity index (χ4n) is 1.45. The van der Waals surface area contributed by atoms with E-state index in [0.29, 0.717) is 6.54 Å². The number of aromatic nitrogens is 2. The van der Waals surface area contributed by atoms with Crippen molar-refractivity contribution in [2.45, 2.75) is 13.5 Å². The molecule has 0 spiro atoms. The van der Waals surface area contributed by atoms with Gasteiger partial charge in [0, 0.05) is 11.9 Å². The van der Waals surface area contributed by atoms with E-state index in [4.69, 9.17) is 0 Å². The van der Waals surface area contributed by atoms with Crippen LogP contribution in [-0.2, 0) is 6.54 Å². The number of hydrogen-bond donors (Lipinski definition) is 2. The number of nitrogens with one attached hydrogen (secondary N) is 1. The number of phenols is 1. The third kappa shape index (κ3) is 2.48. The molecule has 2 aromatic rings. The summed E-state index contributed by atoms with van der Waals surface area (Å²) in [5.41, 5.74) is 2.94. The Morgan fingerprint density at radius 1 is 1.31 bits per heavy atom. The SMILES string of the molecule is Cc1cc(O)ccc1NCc1ccncn1. The van der Waals surface area contributed by atoms with Gasteiger partial charge in [-0.05, 0) is 36.8 Å². The molecular weight excluding hydrogens is 202 g/mol. The second kappa shape index (κ2) is 4.61. The molecule has 0 radical (unpaired) electrons. The van der Waals surface area contributed by atoms with Crippen LogP contribution in [0, 0.1) is 6.92 Å². The van der Waals surface area contributed by atoms with E-state index in [2.05, 4.69) is 15.3 Å². The van der Waals surface area contributed by atoms with Crippen molar-refractivity contribution >= 4 is 5.69 Å². The maximum Gasteiger partial charge on any atom is 0.115 e. The second-order valence-electron chi connectivity index (χ2n) is 3.55. The van der Waals surface area contributed by atoms with Gasteiger partial charge in [-0.3, -0.25) is 0 Å². The Hall–Kier alpha value is -2.10. The molecule has 0 unspecified atom stereocenters. The molecule has 2 N–H and O–H groups in total. The summed E-state index contributed by atoms with van der Waals surface area (Å²) in [6.07, 6.45) is 3.24. The number of benzene rings is 1. The third-order valence-electron chi connectivity index (χ3n) is 2.31. The lowest BCUT2D eigenvalue weighted by molar-refractivity contribution is 0.475. The minimum Gasteiger partial charge on any atom is -0.508 e. The summed E-state index contributed by atoms with van der Waals surface area (Å²) >= 11 is 0. The van der Waals surface area contributed by atoms with Gasteiger partial charge in [0.2, 0.25) is 0 Å². The summed E-state index contributed by atoms with van der Waals surface area (Å²) in [4.78, 5) is 7.98. The fourth-order valence-corrected chi connectivity index (χ4v) is 1.45. The highest BCUT2D eigenvalue weighted by molar-refractivity contribution is 5.53. The zero-order valence-corrected chi connectivity index (χ0v) is 9.01. The van der Waals surface area contributed by atoms with Gasteiger partial charge in [0.1, 0.15) is 12.1 Å². The largest absolute Gasteiger partial charge is 0.508 e. The predicted molar refractivity (Wildman–Crippen MR) is 62.2 cm³/mol. The maximum atomic E-state index is 9.27. The molecule has 1 heterocycles. The first-order chi connectivity index (χ1) is 7.75. The smallest absolute Gasteiger partial charge is 0.115 e. The van der Waals surface area contributed by atoms with Crippen molar-refractivity contribution in [2.24, 2.45) is 0 Å². The number of nitrogens with zero attached hydrogens (tertiary/aromatic N) is 2. The van der Waals surface area contributed by atoms with Crippen LogP contribution in [0.1, 0.15) is 11.3 Å². The predicted octanol–water partition coefficient (Wildman–Crippen LogP) is 2.10. The van der Waals surface area contributed by atoms with Gasteiger partial charge in [0.15, 0.2) is 0 Å². The van der Waals surface area contributed by atoms with Crippen molar-refractivity contribution in [1.82, 2.24) is 9.97 Å². The topological polar surface area (TPSA) is 58.0 Å². The van der Waals surface area contributed by atoms with Gasteiger partial charge in [0.25, 0.3) is 0 Å². The maximum absolute atomic E-state index is 9.27. The summed E-state index contributed by atoms with van der Waals surface area (Å²) in [6, 6.07) is 7.10. The lowest BCUT2D eigenvalue weighted by atomic mass is 10.2. The van der Waals surface area contributed by atoms with Crippen molar-refractivity contribution < 1.29 is 5.11 Å². The summed E-state index contributed by atoms with van der Waals surface area (Å²) in [5, 5.41) is 12.5. The van der Waals surface area contributed by atoms with E-state index in [1.54, 1.807) is 18.3 Å². The highest BCUT2D eigenvalue weighted by Crippen LogP contribution is 2.20. The van der Waals surface area contributed by atoms with Crippen molar-refractivity contribution in [1.29, 1.82) is 0 Å². The summed E-state index contributed by atoms with van der Waals surface area (Å²) < 4.78 is 0. The quantitative estimate of drug-likeness (QED) is 0.770. The van der Waals surface area contributed by atoms with Gasteiger partial charge < -0.3 is 10.4 Å². The van der Waals surface area contributed by atoms with Crippen LogP contribution in [0.15, 0.2) is 36.8 Å². The number of anilines is 1. The molecule has 0 saturated carbocycles. The molecular formula is C12H13N3O. The normalized spacial score (nSPS) is 10.1. The molecule has 4 heteroatoms. The third-order valence-corrected chi connectivity index (χ3v) is 2.31. The van der Waals surface area contributed by atoms with Gasteiger partial charge in [0.05, 0.1) is 12.2 Å². The molecule has 0 atom stereocenters. The Morgan fingerprint density at radius 3 is 2.88 bits per heavy atom. The van der Waals surface area contributed by atoms with Crippen LogP contribution in [0.25, 0.3) is 0 Å². The van der Waals surface area contributed by atoms with E-state index in [-0.39, 0.29) is 5.75 Å². The molecule has 0 saturated heterocycles. The standard InChI is InChI=1S/C12H13N3O/c1-9-6-11(16)2-3-12(9)14-7-10-4-5-13-8-15-10/h2-6,8,14,16H,7H2,1H3. The molecule has 1 aromatic heterocycles. The number of rotatable bonds is 3.